The standard InChI is InChI=1S/C13H6F7NO2S/c14-11(15,12(16,17)18)13(19,20)24-8-3-1-2-7(6-8)21-9(22)4-5-10(21)23/h1-6H. The van der Waals surface area contributed by atoms with Crippen molar-refractivity contribution in [2.75, 3.05) is 4.90 Å². The van der Waals surface area contributed by atoms with Crippen molar-refractivity contribution in [3.8, 4) is 0 Å². The third-order valence-electron chi connectivity index (χ3n) is 2.85. The molecule has 0 aliphatic carbocycles. The fraction of sp³-hybridized carbons (Fsp3) is 0.231. The van der Waals surface area contributed by atoms with E-state index >= 15 is 0 Å². The number of imide groups is 1. The van der Waals surface area contributed by atoms with Crippen LogP contribution in [0.1, 0.15) is 0 Å². The van der Waals surface area contributed by atoms with Gasteiger partial charge < -0.3 is 0 Å². The van der Waals surface area contributed by atoms with Gasteiger partial charge in [0.2, 0.25) is 0 Å². The molecule has 11 heteroatoms. The van der Waals surface area contributed by atoms with Crippen LogP contribution >= 0.6 is 11.8 Å². The van der Waals surface area contributed by atoms with Crippen LogP contribution in [-0.4, -0.2) is 29.2 Å². The van der Waals surface area contributed by atoms with Gasteiger partial charge in [0.25, 0.3) is 11.8 Å². The number of thioether (sulfide) groups is 1. The molecule has 0 saturated heterocycles. The van der Waals surface area contributed by atoms with E-state index in [1.165, 1.54) is 0 Å². The Balaban J connectivity index is 2.30. The van der Waals surface area contributed by atoms with Gasteiger partial charge in [-0.15, -0.1) is 0 Å². The summed E-state index contributed by atoms with van der Waals surface area (Å²) in [5, 5.41) is -5.48. The molecule has 0 saturated carbocycles. The highest BCUT2D eigenvalue weighted by Gasteiger charge is 2.73. The van der Waals surface area contributed by atoms with E-state index in [1.807, 2.05) is 0 Å². The molecule has 0 N–H and O–H groups in total. The van der Waals surface area contributed by atoms with E-state index in [1.54, 1.807) is 0 Å². The topological polar surface area (TPSA) is 37.4 Å². The maximum absolute atomic E-state index is 13.4. The maximum atomic E-state index is 13.4. The summed E-state index contributed by atoms with van der Waals surface area (Å²) in [6.45, 7) is 0. The van der Waals surface area contributed by atoms with E-state index < -0.39 is 45.8 Å². The van der Waals surface area contributed by atoms with Crippen LogP contribution in [0.5, 0.6) is 0 Å². The summed E-state index contributed by atoms with van der Waals surface area (Å²) >= 11 is -1.02. The van der Waals surface area contributed by atoms with Crippen LogP contribution < -0.4 is 4.90 Å². The lowest BCUT2D eigenvalue weighted by molar-refractivity contribution is -0.330. The zero-order valence-electron chi connectivity index (χ0n) is 11.3. The zero-order valence-corrected chi connectivity index (χ0v) is 12.1. The Kier molecular flexibility index (Phi) is 4.42. The van der Waals surface area contributed by atoms with Crippen molar-refractivity contribution in [2.45, 2.75) is 22.2 Å². The molecule has 3 nitrogen and oxygen atoms in total. The molecule has 1 aromatic rings. The Morgan fingerprint density at radius 1 is 0.875 bits per heavy atom. The minimum atomic E-state index is -6.44. The highest BCUT2D eigenvalue weighted by molar-refractivity contribution is 8.00. The van der Waals surface area contributed by atoms with E-state index in [0.717, 1.165) is 36.4 Å². The van der Waals surface area contributed by atoms with Crippen molar-refractivity contribution in [3.63, 3.8) is 0 Å². The van der Waals surface area contributed by atoms with Crippen LogP contribution in [0.4, 0.5) is 36.4 Å². The van der Waals surface area contributed by atoms with Gasteiger partial charge in [0.05, 0.1) is 5.69 Å². The Morgan fingerprint density at radius 2 is 1.42 bits per heavy atom. The molecule has 0 fully saturated rings. The molecule has 0 radical (unpaired) electrons. The number of rotatable bonds is 4. The zero-order chi connectivity index (χ0) is 18.3. The molecule has 1 aromatic carbocycles. The van der Waals surface area contributed by atoms with Crippen LogP contribution in [0.15, 0.2) is 41.3 Å². The first kappa shape index (κ1) is 18.3. The van der Waals surface area contributed by atoms with Crippen molar-refractivity contribution in [2.24, 2.45) is 0 Å². The second-order valence-electron chi connectivity index (χ2n) is 4.53. The third kappa shape index (κ3) is 3.12. The molecule has 2 rings (SSSR count). The fourth-order valence-corrected chi connectivity index (χ4v) is 2.58. The predicted octanol–water partition coefficient (Wildman–Crippen LogP) is 4.00. The van der Waals surface area contributed by atoms with Crippen LogP contribution in [-0.2, 0) is 9.59 Å². The van der Waals surface area contributed by atoms with Crippen molar-refractivity contribution in [1.82, 2.24) is 0 Å². The number of halogens is 7. The first-order valence-electron chi connectivity index (χ1n) is 6.04. The average Bonchev–Trinajstić information content (AvgIpc) is 2.76. The van der Waals surface area contributed by atoms with Crippen LogP contribution in [0, 0.1) is 0 Å². The minimum Gasteiger partial charge on any atom is -0.269 e. The summed E-state index contributed by atoms with van der Waals surface area (Å²) in [6, 6.07) is 3.78. The van der Waals surface area contributed by atoms with Gasteiger partial charge in [-0.25, -0.2) is 4.90 Å². The number of benzene rings is 1. The molecular formula is C13H6F7NO2S. The quantitative estimate of drug-likeness (QED) is 0.455. The summed E-state index contributed by atoms with van der Waals surface area (Å²) in [4.78, 5) is 22.8. The Bertz CT molecular complexity index is 697. The van der Waals surface area contributed by atoms with Gasteiger partial charge in [0, 0.05) is 17.0 Å². The number of hydrogen-bond acceptors (Lipinski definition) is 3. The molecule has 0 spiro atoms. The maximum Gasteiger partial charge on any atom is 0.460 e. The van der Waals surface area contributed by atoms with Crippen LogP contribution in [0.2, 0.25) is 0 Å². The summed E-state index contributed by atoms with van der Waals surface area (Å²) in [7, 11) is 0. The molecule has 0 atom stereocenters. The van der Waals surface area contributed by atoms with E-state index in [2.05, 4.69) is 0 Å². The van der Waals surface area contributed by atoms with Crippen LogP contribution in [0.3, 0.4) is 0 Å². The SMILES string of the molecule is O=C1C=CC(=O)N1c1cccc(SC(F)(F)C(F)(F)C(F)(F)F)c1. The molecule has 1 aliphatic rings. The number of alkyl halides is 7. The minimum absolute atomic E-state index is 0.230. The summed E-state index contributed by atoms with van der Waals surface area (Å²) in [5.74, 6) is -7.86. The smallest absolute Gasteiger partial charge is 0.269 e. The number of anilines is 1. The number of hydrogen-bond donors (Lipinski definition) is 0. The van der Waals surface area contributed by atoms with E-state index in [-0.39, 0.29) is 5.69 Å². The van der Waals surface area contributed by atoms with E-state index in [4.69, 9.17) is 0 Å². The molecule has 0 bridgehead atoms. The first-order valence-corrected chi connectivity index (χ1v) is 6.86. The molecule has 1 aliphatic heterocycles. The molecule has 0 aromatic heterocycles. The molecule has 130 valence electrons. The molecule has 24 heavy (non-hydrogen) atoms. The summed E-state index contributed by atoms with van der Waals surface area (Å²) in [6.07, 6.45) is -4.64. The molecule has 2 amide bonds. The van der Waals surface area contributed by atoms with Crippen molar-refractivity contribution >= 4 is 29.3 Å². The Hall–Kier alpha value is -2.04. The van der Waals surface area contributed by atoms with Gasteiger partial charge >= 0.3 is 17.4 Å². The van der Waals surface area contributed by atoms with Crippen LogP contribution in [0.25, 0.3) is 0 Å². The summed E-state index contributed by atoms with van der Waals surface area (Å²) < 4.78 is 88.9. The third-order valence-corrected chi connectivity index (χ3v) is 3.86. The number of amides is 2. The fourth-order valence-electron chi connectivity index (χ4n) is 1.72. The average molecular weight is 373 g/mol. The Morgan fingerprint density at radius 3 is 1.92 bits per heavy atom. The highest BCUT2D eigenvalue weighted by Crippen LogP contribution is 2.54. The van der Waals surface area contributed by atoms with Gasteiger partial charge in [-0.05, 0) is 30.0 Å². The largest absolute Gasteiger partial charge is 0.460 e. The lowest BCUT2D eigenvalue weighted by Gasteiger charge is -2.27. The number of nitrogens with zero attached hydrogens (tertiary/aromatic N) is 1. The van der Waals surface area contributed by atoms with Gasteiger partial charge in [-0.2, -0.15) is 30.7 Å². The monoisotopic (exact) mass is 373 g/mol. The second-order valence-corrected chi connectivity index (χ2v) is 5.72. The Labute approximate surface area is 134 Å². The normalized spacial score (nSPS) is 16.2. The lowest BCUT2D eigenvalue weighted by atomic mass is 10.3. The number of carbonyl (C=O) groups is 2. The van der Waals surface area contributed by atoms with Gasteiger partial charge in [-0.1, -0.05) is 6.07 Å². The number of carbonyl (C=O) groups excluding carboxylic acids is 2. The first-order chi connectivity index (χ1) is 10.9. The van der Waals surface area contributed by atoms with E-state index in [0.29, 0.717) is 4.90 Å². The second kappa shape index (κ2) is 5.80. The van der Waals surface area contributed by atoms with Gasteiger partial charge in [-0.3, -0.25) is 9.59 Å². The van der Waals surface area contributed by atoms with E-state index in [9.17, 15) is 40.3 Å². The molecular weight excluding hydrogens is 367 g/mol. The lowest BCUT2D eigenvalue weighted by Crippen LogP contribution is -2.49. The highest BCUT2D eigenvalue weighted by atomic mass is 32.2. The van der Waals surface area contributed by atoms with Gasteiger partial charge in [0.15, 0.2) is 0 Å². The molecule has 1 heterocycles. The van der Waals surface area contributed by atoms with Crippen molar-refractivity contribution in [3.05, 3.63) is 36.4 Å². The van der Waals surface area contributed by atoms with Crippen molar-refractivity contribution < 1.29 is 40.3 Å². The molecule has 0 unspecified atom stereocenters. The summed E-state index contributed by atoms with van der Waals surface area (Å²) in [5.41, 5.74) is -0.230. The van der Waals surface area contributed by atoms with Gasteiger partial charge in [0.1, 0.15) is 0 Å². The predicted molar refractivity (Wildman–Crippen MR) is 69.9 cm³/mol. The van der Waals surface area contributed by atoms with Crippen molar-refractivity contribution in [1.29, 1.82) is 0 Å².